The predicted octanol–water partition coefficient (Wildman–Crippen LogP) is 1.46. The van der Waals surface area contributed by atoms with E-state index in [1.165, 1.54) is 6.20 Å². The van der Waals surface area contributed by atoms with Crippen LogP contribution in [0.5, 0.6) is 5.88 Å². The van der Waals surface area contributed by atoms with Gasteiger partial charge < -0.3 is 40.0 Å². The number of carbonyl (C=O) groups excluding carboxylic acids is 1. The molecule has 36 heavy (non-hydrogen) atoms. The van der Waals surface area contributed by atoms with Crippen LogP contribution in [0.15, 0.2) is 42.6 Å². The van der Waals surface area contributed by atoms with E-state index in [0.29, 0.717) is 40.5 Å². The van der Waals surface area contributed by atoms with Gasteiger partial charge in [-0.15, -0.1) is 0 Å². The first-order chi connectivity index (χ1) is 17.4. The lowest BCUT2D eigenvalue weighted by Crippen LogP contribution is -2.55. The van der Waals surface area contributed by atoms with Crippen LogP contribution in [-0.4, -0.2) is 80.6 Å². The number of benzene rings is 1. The Labute approximate surface area is 207 Å². The molecule has 0 saturated carbocycles. The second-order valence-electron chi connectivity index (χ2n) is 8.21. The van der Waals surface area contributed by atoms with E-state index >= 15 is 0 Å². The molecule has 0 amide bonds. The van der Waals surface area contributed by atoms with Gasteiger partial charge in [0.15, 0.2) is 0 Å². The zero-order valence-corrected chi connectivity index (χ0v) is 19.9. The summed E-state index contributed by atoms with van der Waals surface area (Å²) in [6.07, 6.45) is -4.83. The molecule has 0 bridgehead atoms. The van der Waals surface area contributed by atoms with Gasteiger partial charge in [-0.2, -0.15) is 0 Å². The molecule has 1 aliphatic rings. The molecular formula is C25H29N3O8. The van der Waals surface area contributed by atoms with Crippen LogP contribution in [0, 0.1) is 0 Å². The lowest BCUT2D eigenvalue weighted by atomic mass is 9.91. The number of rotatable bonds is 8. The Morgan fingerprint density at radius 1 is 1.03 bits per heavy atom. The van der Waals surface area contributed by atoms with Gasteiger partial charge in [-0.3, -0.25) is 4.98 Å². The fourth-order valence-electron chi connectivity index (χ4n) is 4.04. The third-order valence-electron chi connectivity index (χ3n) is 5.88. The molecule has 2 aromatic heterocycles. The van der Waals surface area contributed by atoms with Crippen molar-refractivity contribution in [1.29, 1.82) is 0 Å². The zero-order valence-electron chi connectivity index (χ0n) is 19.9. The molecule has 1 aromatic carbocycles. The highest BCUT2D eigenvalue weighted by Gasteiger charge is 2.43. The van der Waals surface area contributed by atoms with E-state index < -0.39 is 43.1 Å². The fraction of sp³-hybridized carbons (Fsp3) is 0.400. The Balaban J connectivity index is 1.67. The molecule has 0 unspecified atom stereocenters. The molecule has 1 aliphatic heterocycles. The summed E-state index contributed by atoms with van der Waals surface area (Å²) in [5, 5.41) is 43.2. The number of aliphatic hydroxyl groups is 4. The maximum Gasteiger partial charge on any atom is 0.341 e. The SMILES string of the molecule is CCOC(=O)c1cnc2ccc(OCC)nc2c1Nc1ccc([C@@H]2O[C@H](CO)[C@H](O)[C@H](O)[C@H]2O)cc1. The van der Waals surface area contributed by atoms with Crippen LogP contribution < -0.4 is 10.1 Å². The molecule has 4 rings (SSSR count). The number of hydrogen-bond acceptors (Lipinski definition) is 11. The lowest BCUT2D eigenvalue weighted by molar-refractivity contribution is -0.231. The minimum Gasteiger partial charge on any atom is -0.478 e. The highest BCUT2D eigenvalue weighted by Crippen LogP contribution is 2.34. The third-order valence-corrected chi connectivity index (χ3v) is 5.88. The van der Waals surface area contributed by atoms with Gasteiger partial charge in [0.25, 0.3) is 0 Å². The van der Waals surface area contributed by atoms with E-state index in [1.54, 1.807) is 43.3 Å². The Morgan fingerprint density at radius 3 is 2.44 bits per heavy atom. The average molecular weight is 500 g/mol. The minimum atomic E-state index is -1.47. The molecular weight excluding hydrogens is 470 g/mol. The summed E-state index contributed by atoms with van der Waals surface area (Å²) in [6, 6.07) is 10.2. The van der Waals surface area contributed by atoms with Crippen molar-refractivity contribution >= 4 is 28.4 Å². The molecule has 3 aromatic rings. The second-order valence-corrected chi connectivity index (χ2v) is 8.21. The third kappa shape index (κ3) is 5.11. The number of aliphatic hydroxyl groups excluding tert-OH is 4. The second kappa shape index (κ2) is 11.1. The topological polar surface area (TPSA) is 163 Å². The number of ether oxygens (including phenoxy) is 3. The van der Waals surface area contributed by atoms with Gasteiger partial charge in [0.2, 0.25) is 5.88 Å². The summed E-state index contributed by atoms with van der Waals surface area (Å²) in [5.41, 5.74) is 2.67. The Bertz CT molecular complexity index is 1200. The standard InChI is InChI=1S/C25H29N3O8/c1-3-34-18-10-9-16-20(28-18)19(15(11-26-16)25(33)35-4-2)27-14-7-5-13(6-8-14)24-23(32)22(31)21(30)17(12-29)36-24/h5-11,17,21-24,29-32H,3-4,12H2,1-2H3,(H,26,27)/t17-,21+,22+,23-,24+/m1/s1. The number of aromatic nitrogens is 2. The van der Waals surface area contributed by atoms with E-state index in [1.807, 2.05) is 6.92 Å². The number of fused-ring (bicyclic) bond motifs is 1. The smallest absolute Gasteiger partial charge is 0.341 e. The normalized spacial score (nSPS) is 23.9. The van der Waals surface area contributed by atoms with Gasteiger partial charge in [0.05, 0.1) is 31.0 Å². The van der Waals surface area contributed by atoms with Crippen molar-refractivity contribution in [3.05, 3.63) is 53.7 Å². The molecule has 1 fully saturated rings. The number of nitrogens with zero attached hydrogens (tertiary/aromatic N) is 2. The van der Waals surface area contributed by atoms with Crippen LogP contribution in [0.3, 0.4) is 0 Å². The first-order valence-corrected chi connectivity index (χ1v) is 11.6. The van der Waals surface area contributed by atoms with Crippen LogP contribution in [0.1, 0.15) is 35.9 Å². The van der Waals surface area contributed by atoms with Gasteiger partial charge in [-0.25, -0.2) is 9.78 Å². The van der Waals surface area contributed by atoms with Gasteiger partial charge in [0.1, 0.15) is 41.6 Å². The molecule has 11 nitrogen and oxygen atoms in total. The molecule has 0 spiro atoms. The first kappa shape index (κ1) is 25.7. The summed E-state index contributed by atoms with van der Waals surface area (Å²) in [7, 11) is 0. The van der Waals surface area contributed by atoms with Crippen LogP contribution in [-0.2, 0) is 9.47 Å². The molecule has 192 valence electrons. The summed E-state index contributed by atoms with van der Waals surface area (Å²) in [4.78, 5) is 21.5. The van der Waals surface area contributed by atoms with Crippen molar-refractivity contribution in [2.45, 2.75) is 44.4 Å². The molecule has 5 atom stereocenters. The predicted molar refractivity (Wildman–Crippen MR) is 129 cm³/mol. The number of anilines is 2. The highest BCUT2D eigenvalue weighted by atomic mass is 16.5. The summed E-state index contributed by atoms with van der Waals surface area (Å²) >= 11 is 0. The van der Waals surface area contributed by atoms with Crippen LogP contribution in [0.25, 0.3) is 11.0 Å². The monoisotopic (exact) mass is 499 g/mol. The maximum absolute atomic E-state index is 12.7. The van der Waals surface area contributed by atoms with E-state index in [0.717, 1.165) is 0 Å². The van der Waals surface area contributed by atoms with Gasteiger partial charge in [0, 0.05) is 18.0 Å². The van der Waals surface area contributed by atoms with Gasteiger partial charge >= 0.3 is 5.97 Å². The molecule has 3 heterocycles. The zero-order chi connectivity index (χ0) is 25.8. The minimum absolute atomic E-state index is 0.191. The van der Waals surface area contributed by atoms with E-state index in [4.69, 9.17) is 14.2 Å². The Morgan fingerprint density at radius 2 is 1.78 bits per heavy atom. The molecule has 0 radical (unpaired) electrons. The largest absolute Gasteiger partial charge is 0.478 e. The van der Waals surface area contributed by atoms with Crippen LogP contribution in [0.2, 0.25) is 0 Å². The van der Waals surface area contributed by atoms with Crippen molar-refractivity contribution in [3.8, 4) is 5.88 Å². The molecule has 5 N–H and O–H groups in total. The fourth-order valence-corrected chi connectivity index (χ4v) is 4.04. The number of hydrogen-bond donors (Lipinski definition) is 5. The van der Waals surface area contributed by atoms with Crippen LogP contribution in [0.4, 0.5) is 11.4 Å². The first-order valence-electron chi connectivity index (χ1n) is 11.6. The number of esters is 1. The average Bonchev–Trinajstić information content (AvgIpc) is 2.89. The number of carbonyl (C=O) groups is 1. The van der Waals surface area contributed by atoms with E-state index in [-0.39, 0.29) is 12.2 Å². The van der Waals surface area contributed by atoms with Crippen molar-refractivity contribution in [3.63, 3.8) is 0 Å². The summed E-state index contributed by atoms with van der Waals surface area (Å²) in [6.45, 7) is 3.66. The number of nitrogens with one attached hydrogen (secondary N) is 1. The quantitative estimate of drug-likeness (QED) is 0.285. The van der Waals surface area contributed by atoms with Gasteiger partial charge in [-0.1, -0.05) is 12.1 Å². The van der Waals surface area contributed by atoms with E-state index in [9.17, 15) is 25.2 Å². The van der Waals surface area contributed by atoms with Gasteiger partial charge in [-0.05, 0) is 37.6 Å². The molecule has 0 aliphatic carbocycles. The van der Waals surface area contributed by atoms with Crippen molar-refractivity contribution in [2.75, 3.05) is 25.1 Å². The van der Waals surface area contributed by atoms with Crippen molar-refractivity contribution in [1.82, 2.24) is 9.97 Å². The highest BCUT2D eigenvalue weighted by molar-refractivity contribution is 6.04. The Hall–Kier alpha value is -3.35. The van der Waals surface area contributed by atoms with Crippen molar-refractivity contribution < 1.29 is 39.4 Å². The Kier molecular flexibility index (Phi) is 7.97. The lowest BCUT2D eigenvalue weighted by Gasteiger charge is -2.40. The summed E-state index contributed by atoms with van der Waals surface area (Å²) < 4.78 is 16.3. The molecule has 11 heteroatoms. The van der Waals surface area contributed by atoms with Crippen LogP contribution >= 0.6 is 0 Å². The number of pyridine rings is 2. The van der Waals surface area contributed by atoms with E-state index in [2.05, 4.69) is 15.3 Å². The maximum atomic E-state index is 12.7. The summed E-state index contributed by atoms with van der Waals surface area (Å²) in [5.74, 6) is -0.176. The van der Waals surface area contributed by atoms with Crippen molar-refractivity contribution in [2.24, 2.45) is 0 Å². The molecule has 1 saturated heterocycles.